The smallest absolute Gasteiger partial charge is 0.244 e. The third-order valence-electron chi connectivity index (χ3n) is 4.92. The maximum absolute atomic E-state index is 12.9. The highest BCUT2D eigenvalue weighted by atomic mass is 16.2. The number of nitrogens with one attached hydrogen (secondary N) is 1. The van der Waals surface area contributed by atoms with E-state index < -0.39 is 0 Å². The van der Waals surface area contributed by atoms with Gasteiger partial charge < -0.3 is 10.2 Å². The van der Waals surface area contributed by atoms with Crippen molar-refractivity contribution in [1.82, 2.24) is 9.78 Å². The van der Waals surface area contributed by atoms with Crippen LogP contribution in [0.2, 0.25) is 0 Å². The molecule has 0 fully saturated rings. The molecule has 1 N–H and O–H groups in total. The molecule has 0 aliphatic heterocycles. The van der Waals surface area contributed by atoms with Gasteiger partial charge in [-0.05, 0) is 58.4 Å². The third kappa shape index (κ3) is 4.09. The minimum Gasteiger partial charge on any atom is -0.360 e. The maximum atomic E-state index is 12.9. The van der Waals surface area contributed by atoms with Crippen molar-refractivity contribution in [2.45, 2.75) is 40.7 Å². The molecule has 5 nitrogen and oxygen atoms in total. The molecule has 0 saturated carbocycles. The lowest BCUT2D eigenvalue weighted by Gasteiger charge is -2.29. The molecule has 1 aromatic heterocycles. The Balaban J connectivity index is 1.81. The van der Waals surface area contributed by atoms with Crippen LogP contribution in [0.4, 0.5) is 11.4 Å². The minimum atomic E-state index is -0.0456. The van der Waals surface area contributed by atoms with Gasteiger partial charge in [-0.1, -0.05) is 36.4 Å². The standard InChI is InChI=1S/C23H28N4O/c1-16(2)26(21-14-10-9-11-17(21)3)15-22(28)24-23-18(4)25-27(19(23)5)20-12-7-6-8-13-20/h6-14,16H,15H2,1-5H3,(H,24,28). The van der Waals surface area contributed by atoms with Crippen LogP contribution in [0.25, 0.3) is 5.69 Å². The zero-order valence-corrected chi connectivity index (χ0v) is 17.2. The van der Waals surface area contributed by atoms with Gasteiger partial charge in [0.15, 0.2) is 0 Å². The van der Waals surface area contributed by atoms with E-state index in [1.807, 2.05) is 61.0 Å². The summed E-state index contributed by atoms with van der Waals surface area (Å²) in [5.74, 6) is -0.0456. The van der Waals surface area contributed by atoms with Gasteiger partial charge >= 0.3 is 0 Å². The summed E-state index contributed by atoms with van der Waals surface area (Å²) in [4.78, 5) is 15.0. The highest BCUT2D eigenvalue weighted by Gasteiger charge is 2.19. The van der Waals surface area contributed by atoms with E-state index in [0.717, 1.165) is 34.0 Å². The number of hydrogen-bond donors (Lipinski definition) is 1. The second kappa shape index (κ2) is 8.30. The summed E-state index contributed by atoms with van der Waals surface area (Å²) in [6, 6.07) is 18.3. The molecule has 0 bridgehead atoms. The van der Waals surface area contributed by atoms with Crippen molar-refractivity contribution in [2.24, 2.45) is 0 Å². The van der Waals surface area contributed by atoms with Gasteiger partial charge in [-0.2, -0.15) is 5.10 Å². The van der Waals surface area contributed by atoms with Gasteiger partial charge in [-0.15, -0.1) is 0 Å². The van der Waals surface area contributed by atoms with Crippen molar-refractivity contribution in [1.29, 1.82) is 0 Å². The molecule has 0 unspecified atom stereocenters. The molecule has 28 heavy (non-hydrogen) atoms. The van der Waals surface area contributed by atoms with Crippen molar-refractivity contribution < 1.29 is 4.79 Å². The Morgan fingerprint density at radius 2 is 1.68 bits per heavy atom. The number of hydrogen-bond acceptors (Lipinski definition) is 3. The second-order valence-corrected chi connectivity index (χ2v) is 7.35. The van der Waals surface area contributed by atoms with E-state index in [9.17, 15) is 4.79 Å². The molecule has 0 spiro atoms. The van der Waals surface area contributed by atoms with Crippen LogP contribution in [0.3, 0.4) is 0 Å². The molecular weight excluding hydrogens is 348 g/mol. The van der Waals surface area contributed by atoms with Gasteiger partial charge in [0, 0.05) is 11.7 Å². The number of aryl methyl sites for hydroxylation is 2. The molecular formula is C23H28N4O. The maximum Gasteiger partial charge on any atom is 0.244 e. The molecule has 5 heteroatoms. The number of rotatable bonds is 6. The van der Waals surface area contributed by atoms with Crippen molar-refractivity contribution in [3.8, 4) is 5.69 Å². The fourth-order valence-corrected chi connectivity index (χ4v) is 3.41. The molecule has 0 aliphatic rings. The molecule has 3 rings (SSSR count). The van der Waals surface area contributed by atoms with Crippen LogP contribution in [-0.4, -0.2) is 28.3 Å². The lowest BCUT2D eigenvalue weighted by Crippen LogP contribution is -2.38. The molecule has 0 atom stereocenters. The van der Waals surface area contributed by atoms with Gasteiger partial charge in [0.05, 0.1) is 29.3 Å². The number of aromatic nitrogens is 2. The van der Waals surface area contributed by atoms with Gasteiger partial charge in [-0.3, -0.25) is 4.79 Å². The summed E-state index contributed by atoms with van der Waals surface area (Å²) in [5, 5.41) is 7.69. The fourth-order valence-electron chi connectivity index (χ4n) is 3.41. The van der Waals surface area contributed by atoms with Crippen molar-refractivity contribution in [3.05, 3.63) is 71.5 Å². The number of nitrogens with zero attached hydrogens (tertiary/aromatic N) is 3. The summed E-state index contributed by atoms with van der Waals surface area (Å²) in [7, 11) is 0. The lowest BCUT2D eigenvalue weighted by atomic mass is 10.1. The first-order chi connectivity index (χ1) is 13.4. The van der Waals surface area contributed by atoms with Crippen LogP contribution in [0, 0.1) is 20.8 Å². The summed E-state index contributed by atoms with van der Waals surface area (Å²) in [6.07, 6.45) is 0. The van der Waals surface area contributed by atoms with Crippen LogP contribution in [0.1, 0.15) is 30.8 Å². The van der Waals surface area contributed by atoms with Crippen molar-refractivity contribution in [2.75, 3.05) is 16.8 Å². The zero-order chi connectivity index (χ0) is 20.3. The zero-order valence-electron chi connectivity index (χ0n) is 17.2. The molecule has 1 heterocycles. The van der Waals surface area contributed by atoms with Crippen molar-refractivity contribution >= 4 is 17.3 Å². The van der Waals surface area contributed by atoms with Crippen LogP contribution in [0.15, 0.2) is 54.6 Å². The molecule has 0 saturated heterocycles. The first-order valence-corrected chi connectivity index (χ1v) is 9.62. The van der Waals surface area contributed by atoms with E-state index in [4.69, 9.17) is 0 Å². The topological polar surface area (TPSA) is 50.2 Å². The number of para-hydroxylation sites is 2. The normalized spacial score (nSPS) is 10.9. The van der Waals surface area contributed by atoms with Gasteiger partial charge in [0.25, 0.3) is 0 Å². The SMILES string of the molecule is Cc1ccccc1N(CC(=O)Nc1c(C)nn(-c2ccccc2)c1C)C(C)C. The van der Waals surface area contributed by atoms with E-state index in [-0.39, 0.29) is 18.5 Å². The monoisotopic (exact) mass is 376 g/mol. The Bertz CT molecular complexity index is 960. The predicted molar refractivity (Wildman–Crippen MR) is 115 cm³/mol. The number of benzene rings is 2. The van der Waals surface area contributed by atoms with Crippen LogP contribution in [0.5, 0.6) is 0 Å². The van der Waals surface area contributed by atoms with E-state index in [1.54, 1.807) is 0 Å². The molecule has 0 radical (unpaired) electrons. The third-order valence-corrected chi connectivity index (χ3v) is 4.92. The average molecular weight is 377 g/mol. The second-order valence-electron chi connectivity index (χ2n) is 7.35. The Morgan fingerprint density at radius 3 is 2.32 bits per heavy atom. The van der Waals surface area contributed by atoms with Crippen LogP contribution < -0.4 is 10.2 Å². The number of anilines is 2. The number of carbonyl (C=O) groups is 1. The van der Waals surface area contributed by atoms with E-state index >= 15 is 0 Å². The highest BCUT2D eigenvalue weighted by Crippen LogP contribution is 2.24. The highest BCUT2D eigenvalue weighted by molar-refractivity contribution is 5.95. The van der Waals surface area contributed by atoms with Gasteiger partial charge in [-0.25, -0.2) is 4.68 Å². The van der Waals surface area contributed by atoms with Crippen molar-refractivity contribution in [3.63, 3.8) is 0 Å². The summed E-state index contributed by atoms with van der Waals surface area (Å²) in [5.41, 5.74) is 5.73. The number of carbonyl (C=O) groups excluding carboxylic acids is 1. The summed E-state index contributed by atoms with van der Waals surface area (Å²) < 4.78 is 1.87. The fraction of sp³-hybridized carbons (Fsp3) is 0.304. The Labute approximate surface area is 167 Å². The van der Waals surface area contributed by atoms with Crippen LogP contribution >= 0.6 is 0 Å². The molecule has 2 aromatic carbocycles. The first kappa shape index (κ1) is 19.7. The summed E-state index contributed by atoms with van der Waals surface area (Å²) >= 11 is 0. The summed E-state index contributed by atoms with van der Waals surface area (Å²) in [6.45, 7) is 10.5. The van der Waals surface area contributed by atoms with E-state index in [2.05, 4.69) is 48.2 Å². The molecule has 3 aromatic rings. The largest absolute Gasteiger partial charge is 0.360 e. The molecule has 146 valence electrons. The Kier molecular flexibility index (Phi) is 5.83. The lowest BCUT2D eigenvalue weighted by molar-refractivity contribution is -0.115. The quantitative estimate of drug-likeness (QED) is 0.681. The molecule has 1 amide bonds. The van der Waals surface area contributed by atoms with Gasteiger partial charge in [0.2, 0.25) is 5.91 Å². The first-order valence-electron chi connectivity index (χ1n) is 9.62. The van der Waals surface area contributed by atoms with Gasteiger partial charge in [0.1, 0.15) is 0 Å². The predicted octanol–water partition coefficient (Wildman–Crippen LogP) is 4.65. The average Bonchev–Trinajstić information content (AvgIpc) is 2.95. The number of amides is 1. The molecule has 0 aliphatic carbocycles. The van der Waals surface area contributed by atoms with Crippen LogP contribution in [-0.2, 0) is 4.79 Å². The minimum absolute atomic E-state index is 0.0456. The van der Waals surface area contributed by atoms with E-state index in [0.29, 0.717) is 0 Å². The Morgan fingerprint density at radius 1 is 1.04 bits per heavy atom. The van der Waals surface area contributed by atoms with E-state index in [1.165, 1.54) is 0 Å². The Hall–Kier alpha value is -3.08.